The van der Waals surface area contributed by atoms with E-state index < -0.39 is 5.91 Å². The van der Waals surface area contributed by atoms with Crippen molar-refractivity contribution in [3.05, 3.63) is 99.3 Å². The van der Waals surface area contributed by atoms with Crippen molar-refractivity contribution in [2.75, 3.05) is 5.32 Å². The van der Waals surface area contributed by atoms with Gasteiger partial charge in [-0.2, -0.15) is 5.10 Å². The van der Waals surface area contributed by atoms with Crippen molar-refractivity contribution in [2.45, 2.75) is 26.3 Å². The van der Waals surface area contributed by atoms with Crippen LogP contribution in [-0.2, 0) is 6.54 Å². The highest BCUT2D eigenvalue weighted by Crippen LogP contribution is 2.26. The molecule has 7 heteroatoms. The number of aromatic nitrogens is 3. The summed E-state index contributed by atoms with van der Waals surface area (Å²) in [6, 6.07) is 20.6. The second kappa shape index (κ2) is 9.06. The van der Waals surface area contributed by atoms with Gasteiger partial charge < -0.3 is 0 Å². The third kappa shape index (κ3) is 4.95. The molecule has 0 saturated carbocycles. The van der Waals surface area contributed by atoms with Gasteiger partial charge in [0.05, 0.1) is 12.2 Å². The van der Waals surface area contributed by atoms with Gasteiger partial charge >= 0.3 is 0 Å². The minimum absolute atomic E-state index is 0.161. The van der Waals surface area contributed by atoms with E-state index >= 15 is 0 Å². The number of hydrogen-bond donors (Lipinski definition) is 1. The van der Waals surface area contributed by atoms with Crippen LogP contribution in [0.5, 0.6) is 0 Å². The molecule has 4 rings (SSSR count). The summed E-state index contributed by atoms with van der Waals surface area (Å²) in [5.41, 5.74) is 3.90. The molecule has 6 nitrogen and oxygen atoms in total. The summed E-state index contributed by atoms with van der Waals surface area (Å²) in [5, 5.41) is 9.39. The van der Waals surface area contributed by atoms with Gasteiger partial charge in [-0.05, 0) is 23.1 Å². The monoisotopic (exact) mass is 430 g/mol. The molecule has 1 amide bonds. The van der Waals surface area contributed by atoms with Gasteiger partial charge in [-0.25, -0.2) is 9.67 Å². The first kappa shape index (κ1) is 20.7. The van der Waals surface area contributed by atoms with Crippen molar-refractivity contribution in [3.63, 3.8) is 0 Å². The molecule has 0 saturated heterocycles. The van der Waals surface area contributed by atoms with E-state index in [0.717, 1.165) is 16.8 Å². The fourth-order valence-electron chi connectivity index (χ4n) is 3.10. The Kier molecular flexibility index (Phi) is 6.04. The van der Waals surface area contributed by atoms with Crippen molar-refractivity contribution in [2.24, 2.45) is 0 Å². The summed E-state index contributed by atoms with van der Waals surface area (Å²) in [5.74, 6) is 0.0647. The lowest BCUT2D eigenvalue weighted by Gasteiger charge is -2.07. The second-order valence-corrected chi connectivity index (χ2v) is 8.33. The summed E-state index contributed by atoms with van der Waals surface area (Å²) in [6.45, 7) is 4.61. The van der Waals surface area contributed by atoms with Crippen LogP contribution >= 0.6 is 11.3 Å². The van der Waals surface area contributed by atoms with Crippen LogP contribution in [0.4, 0.5) is 5.13 Å². The first-order valence-corrected chi connectivity index (χ1v) is 10.9. The van der Waals surface area contributed by atoms with Gasteiger partial charge in [-0.15, -0.1) is 11.3 Å². The molecule has 0 atom stereocenters. The van der Waals surface area contributed by atoms with Gasteiger partial charge in [-0.1, -0.05) is 68.4 Å². The first-order chi connectivity index (χ1) is 15.0. The lowest BCUT2D eigenvalue weighted by molar-refractivity contribution is 0.102. The highest BCUT2D eigenvalue weighted by molar-refractivity contribution is 7.14. The zero-order valence-electron chi connectivity index (χ0n) is 17.3. The molecule has 4 aromatic rings. The van der Waals surface area contributed by atoms with E-state index in [-0.39, 0.29) is 11.3 Å². The Morgan fingerprint density at radius 3 is 2.48 bits per heavy atom. The lowest BCUT2D eigenvalue weighted by atomic mass is 10.0. The number of hydrogen-bond acceptors (Lipinski definition) is 5. The predicted molar refractivity (Wildman–Crippen MR) is 124 cm³/mol. The number of thiazole rings is 1. The van der Waals surface area contributed by atoms with Gasteiger partial charge in [0.2, 0.25) is 0 Å². The third-order valence-corrected chi connectivity index (χ3v) is 5.63. The molecule has 2 aromatic carbocycles. The van der Waals surface area contributed by atoms with E-state index in [4.69, 9.17) is 0 Å². The average molecular weight is 431 g/mol. The number of carbonyl (C=O) groups excluding carboxylic acids is 1. The second-order valence-electron chi connectivity index (χ2n) is 7.47. The maximum atomic E-state index is 12.7. The van der Waals surface area contributed by atoms with Crippen LogP contribution in [0.15, 0.2) is 76.9 Å². The Balaban J connectivity index is 1.49. The van der Waals surface area contributed by atoms with E-state index in [1.807, 2.05) is 47.8 Å². The Morgan fingerprint density at radius 1 is 1.03 bits per heavy atom. The molecule has 0 fully saturated rings. The molecule has 0 aliphatic carbocycles. The zero-order chi connectivity index (χ0) is 21.8. The number of nitrogens with one attached hydrogen (secondary N) is 1. The van der Waals surface area contributed by atoms with E-state index in [9.17, 15) is 9.59 Å². The number of carbonyl (C=O) groups is 1. The molecule has 0 spiro atoms. The average Bonchev–Trinajstić information content (AvgIpc) is 3.24. The van der Waals surface area contributed by atoms with Gasteiger partial charge in [0.25, 0.3) is 11.5 Å². The number of amides is 1. The van der Waals surface area contributed by atoms with E-state index in [2.05, 4.69) is 41.4 Å². The number of anilines is 1. The Morgan fingerprint density at radius 2 is 1.77 bits per heavy atom. The molecular formula is C24H22N4O2S. The molecule has 0 unspecified atom stereocenters. The van der Waals surface area contributed by atoms with Gasteiger partial charge in [0.15, 0.2) is 5.13 Å². The van der Waals surface area contributed by atoms with Crippen LogP contribution in [0.3, 0.4) is 0 Å². The van der Waals surface area contributed by atoms with Crippen molar-refractivity contribution >= 4 is 22.4 Å². The van der Waals surface area contributed by atoms with Crippen LogP contribution in [-0.4, -0.2) is 20.7 Å². The highest BCUT2D eigenvalue weighted by atomic mass is 32.1. The van der Waals surface area contributed by atoms with Crippen molar-refractivity contribution in [1.29, 1.82) is 0 Å². The van der Waals surface area contributed by atoms with Crippen molar-refractivity contribution < 1.29 is 4.79 Å². The van der Waals surface area contributed by atoms with Gasteiger partial charge in [0.1, 0.15) is 5.69 Å². The van der Waals surface area contributed by atoms with E-state index in [1.54, 1.807) is 0 Å². The number of nitrogens with zero attached hydrogens (tertiary/aromatic N) is 3. The Labute approximate surface area is 184 Å². The molecule has 0 bridgehead atoms. The SMILES string of the molecule is CC(C)c1ccc(-c2csc(NC(=O)c3ccc(=O)n(Cc4ccccc4)n3)n2)cc1. The molecule has 0 aliphatic heterocycles. The smallest absolute Gasteiger partial charge is 0.277 e. The Bertz CT molecular complexity index is 1240. The van der Waals surface area contributed by atoms with Crippen LogP contribution in [0.2, 0.25) is 0 Å². The largest absolute Gasteiger partial charge is 0.296 e. The molecule has 0 aliphatic rings. The van der Waals surface area contributed by atoms with Crippen LogP contribution in [0, 0.1) is 0 Å². The normalized spacial score (nSPS) is 10.9. The van der Waals surface area contributed by atoms with Gasteiger partial charge in [-0.3, -0.25) is 14.9 Å². The molecule has 2 heterocycles. The molecular weight excluding hydrogens is 408 g/mol. The maximum absolute atomic E-state index is 12.7. The van der Waals surface area contributed by atoms with E-state index in [0.29, 0.717) is 17.6 Å². The summed E-state index contributed by atoms with van der Waals surface area (Å²) < 4.78 is 1.29. The first-order valence-electron chi connectivity index (χ1n) is 9.99. The summed E-state index contributed by atoms with van der Waals surface area (Å²) >= 11 is 1.35. The van der Waals surface area contributed by atoms with Crippen LogP contribution in [0.25, 0.3) is 11.3 Å². The van der Waals surface area contributed by atoms with Crippen molar-refractivity contribution in [3.8, 4) is 11.3 Å². The molecule has 1 N–H and O–H groups in total. The highest BCUT2D eigenvalue weighted by Gasteiger charge is 2.13. The van der Waals surface area contributed by atoms with Crippen molar-refractivity contribution in [1.82, 2.24) is 14.8 Å². The number of rotatable bonds is 6. The minimum Gasteiger partial charge on any atom is -0.296 e. The van der Waals surface area contributed by atoms with Gasteiger partial charge in [0, 0.05) is 17.0 Å². The molecule has 0 radical (unpaired) electrons. The van der Waals surface area contributed by atoms with E-state index in [1.165, 1.54) is 33.7 Å². The molecule has 156 valence electrons. The zero-order valence-corrected chi connectivity index (χ0v) is 18.1. The summed E-state index contributed by atoms with van der Waals surface area (Å²) in [4.78, 5) is 29.3. The lowest BCUT2D eigenvalue weighted by Crippen LogP contribution is -2.26. The standard InChI is InChI=1S/C24H22N4O2S/c1-16(2)18-8-10-19(11-9-18)21-15-31-24(25-21)26-23(30)20-12-13-22(29)28(27-20)14-17-6-4-3-5-7-17/h3-13,15-16H,14H2,1-2H3,(H,25,26,30). The topological polar surface area (TPSA) is 76.9 Å². The Hall–Kier alpha value is -3.58. The third-order valence-electron chi connectivity index (χ3n) is 4.87. The minimum atomic E-state index is -0.405. The fourth-order valence-corrected chi connectivity index (χ4v) is 3.82. The maximum Gasteiger partial charge on any atom is 0.277 e. The molecule has 2 aromatic heterocycles. The summed E-state index contributed by atoms with van der Waals surface area (Å²) in [6.07, 6.45) is 0. The number of benzene rings is 2. The quantitative estimate of drug-likeness (QED) is 0.477. The van der Waals surface area contributed by atoms with Crippen LogP contribution in [0.1, 0.15) is 41.4 Å². The van der Waals surface area contributed by atoms with Crippen LogP contribution < -0.4 is 10.9 Å². The predicted octanol–water partition coefficient (Wildman–Crippen LogP) is 4.79. The summed E-state index contributed by atoms with van der Waals surface area (Å²) in [7, 11) is 0. The fraction of sp³-hybridized carbons (Fsp3) is 0.167. The molecule has 31 heavy (non-hydrogen) atoms.